The highest BCUT2D eigenvalue weighted by Gasteiger charge is 2.21. The van der Waals surface area contributed by atoms with E-state index in [4.69, 9.17) is 10.8 Å². The number of hydrogen-bond acceptors (Lipinski definition) is 6. The number of benzene rings is 2. The smallest absolute Gasteiger partial charge is 0.253 e. The van der Waals surface area contributed by atoms with E-state index in [0.29, 0.717) is 11.1 Å². The molecule has 3 N–H and O–H groups in total. The molecular formula is C27H30N4O3S. The van der Waals surface area contributed by atoms with Crippen molar-refractivity contribution in [1.82, 2.24) is 14.8 Å². The fraction of sp³-hybridized carbons (Fsp3) is 0.296. The van der Waals surface area contributed by atoms with Gasteiger partial charge in [-0.1, -0.05) is 29.8 Å². The van der Waals surface area contributed by atoms with Crippen molar-refractivity contribution >= 4 is 28.7 Å². The van der Waals surface area contributed by atoms with Crippen LogP contribution in [-0.2, 0) is 6.54 Å². The van der Waals surface area contributed by atoms with Crippen molar-refractivity contribution in [2.45, 2.75) is 19.4 Å². The molecule has 0 radical (unpaired) electrons. The Kier molecular flexibility index (Phi) is 8.07. The minimum absolute atomic E-state index is 0.0766. The maximum Gasteiger partial charge on any atom is 0.253 e. The molecule has 1 aliphatic heterocycles. The van der Waals surface area contributed by atoms with Crippen LogP contribution in [0.3, 0.4) is 0 Å². The number of aliphatic hydroxyl groups excluding tert-OH is 1. The Morgan fingerprint density at radius 1 is 1.06 bits per heavy atom. The number of rotatable bonds is 8. The topological polar surface area (TPSA) is 99.8 Å². The summed E-state index contributed by atoms with van der Waals surface area (Å²) in [5.74, 6) is -0.588. The quantitative estimate of drug-likeness (QED) is 0.504. The largest absolute Gasteiger partial charge is 0.395 e. The van der Waals surface area contributed by atoms with Crippen LogP contribution in [0.25, 0.3) is 5.57 Å². The number of carbonyl (C=O) groups is 2. The minimum Gasteiger partial charge on any atom is -0.395 e. The molecule has 0 unspecified atom stereocenters. The monoisotopic (exact) mass is 490 g/mol. The van der Waals surface area contributed by atoms with E-state index in [1.54, 1.807) is 24.5 Å². The third kappa shape index (κ3) is 6.03. The first-order chi connectivity index (χ1) is 17.0. The molecule has 0 saturated carbocycles. The SMILES string of the molecule is CN(CCO)C(=O)c1ccc(C(=C2CCN(Cc3cncs3)CC2)c2cccc(C(N)=O)c2)cc1. The van der Waals surface area contributed by atoms with Gasteiger partial charge in [0.1, 0.15) is 0 Å². The summed E-state index contributed by atoms with van der Waals surface area (Å²) in [6, 6.07) is 15.0. The van der Waals surface area contributed by atoms with Gasteiger partial charge in [0.2, 0.25) is 5.91 Å². The van der Waals surface area contributed by atoms with E-state index in [2.05, 4.69) is 9.88 Å². The van der Waals surface area contributed by atoms with Gasteiger partial charge in [-0.2, -0.15) is 0 Å². The lowest BCUT2D eigenvalue weighted by Crippen LogP contribution is -2.30. The predicted molar refractivity (Wildman–Crippen MR) is 138 cm³/mol. The summed E-state index contributed by atoms with van der Waals surface area (Å²) < 4.78 is 0. The zero-order valence-corrected chi connectivity index (χ0v) is 20.6. The molecule has 4 rings (SSSR count). The predicted octanol–water partition coefficient (Wildman–Crippen LogP) is 3.40. The van der Waals surface area contributed by atoms with Gasteiger partial charge in [0, 0.05) is 55.4 Å². The number of piperidine rings is 1. The number of likely N-dealkylation sites (tertiary alicyclic amines) is 1. The average Bonchev–Trinajstić information content (AvgIpc) is 3.39. The number of carbonyl (C=O) groups excluding carboxylic acids is 2. The second-order valence-electron chi connectivity index (χ2n) is 8.70. The van der Waals surface area contributed by atoms with Gasteiger partial charge >= 0.3 is 0 Å². The van der Waals surface area contributed by atoms with Crippen molar-refractivity contribution in [1.29, 1.82) is 0 Å². The Morgan fingerprint density at radius 3 is 2.37 bits per heavy atom. The molecule has 2 heterocycles. The Bertz CT molecular complexity index is 1200. The van der Waals surface area contributed by atoms with Crippen molar-refractivity contribution in [2.24, 2.45) is 5.73 Å². The maximum absolute atomic E-state index is 12.6. The number of nitrogens with two attached hydrogens (primary N) is 1. The molecular weight excluding hydrogens is 460 g/mol. The number of hydrogen-bond donors (Lipinski definition) is 2. The van der Waals surface area contributed by atoms with Gasteiger partial charge in [0.15, 0.2) is 0 Å². The molecule has 1 aromatic heterocycles. The molecule has 0 aliphatic carbocycles. The number of amides is 2. The van der Waals surface area contributed by atoms with Crippen LogP contribution in [-0.4, -0.2) is 65.0 Å². The lowest BCUT2D eigenvalue weighted by molar-refractivity contribution is 0.0767. The van der Waals surface area contributed by atoms with E-state index in [9.17, 15) is 9.59 Å². The number of nitrogens with zero attached hydrogens (tertiary/aromatic N) is 3. The van der Waals surface area contributed by atoms with Gasteiger partial charge in [0.25, 0.3) is 5.91 Å². The first kappa shape index (κ1) is 24.8. The van der Waals surface area contributed by atoms with Crippen LogP contribution in [0, 0.1) is 0 Å². The Morgan fingerprint density at radius 2 is 1.74 bits per heavy atom. The molecule has 1 aliphatic rings. The fourth-order valence-corrected chi connectivity index (χ4v) is 5.06. The number of aliphatic hydroxyl groups is 1. The van der Waals surface area contributed by atoms with Crippen molar-refractivity contribution in [3.8, 4) is 0 Å². The van der Waals surface area contributed by atoms with Crippen LogP contribution < -0.4 is 5.73 Å². The third-order valence-electron chi connectivity index (χ3n) is 6.31. The lowest BCUT2D eigenvalue weighted by atomic mass is 9.87. The standard InChI is InChI=1S/C27H30N4O3S/c1-30(13-14-32)27(34)21-7-5-19(6-8-21)25(22-3-2-4-23(15-22)26(28)33)20-9-11-31(12-10-20)17-24-16-29-18-35-24/h2-8,15-16,18,32H,9-14,17H2,1H3,(H2,28,33). The van der Waals surface area contributed by atoms with Crippen LogP contribution >= 0.6 is 11.3 Å². The van der Waals surface area contributed by atoms with Crippen LogP contribution in [0.4, 0.5) is 0 Å². The lowest BCUT2D eigenvalue weighted by Gasteiger charge is -2.30. The summed E-state index contributed by atoms with van der Waals surface area (Å²) >= 11 is 1.68. The normalized spacial score (nSPS) is 14.1. The van der Waals surface area contributed by atoms with Crippen molar-refractivity contribution in [2.75, 3.05) is 33.3 Å². The summed E-state index contributed by atoms with van der Waals surface area (Å²) in [6.45, 7) is 2.99. The summed E-state index contributed by atoms with van der Waals surface area (Å²) in [7, 11) is 1.68. The molecule has 2 amide bonds. The van der Waals surface area contributed by atoms with E-state index < -0.39 is 5.91 Å². The zero-order valence-electron chi connectivity index (χ0n) is 19.8. The average molecular weight is 491 g/mol. The van der Waals surface area contributed by atoms with Gasteiger partial charge in [-0.15, -0.1) is 11.3 Å². The molecule has 1 fully saturated rings. The summed E-state index contributed by atoms with van der Waals surface area (Å²) in [4.78, 5) is 33.9. The summed E-state index contributed by atoms with van der Waals surface area (Å²) in [5.41, 5.74) is 12.8. The summed E-state index contributed by atoms with van der Waals surface area (Å²) in [5, 5.41) is 9.13. The van der Waals surface area contributed by atoms with Gasteiger partial charge in [-0.25, -0.2) is 0 Å². The van der Waals surface area contributed by atoms with Crippen molar-refractivity contribution in [3.63, 3.8) is 0 Å². The molecule has 0 atom stereocenters. The molecule has 1 saturated heterocycles. The molecule has 2 aromatic carbocycles. The van der Waals surface area contributed by atoms with Crippen LogP contribution in [0.1, 0.15) is 49.6 Å². The molecule has 7 nitrogen and oxygen atoms in total. The molecule has 3 aromatic rings. The van der Waals surface area contributed by atoms with Crippen molar-refractivity contribution in [3.05, 3.63) is 92.9 Å². The van der Waals surface area contributed by atoms with Crippen LogP contribution in [0.15, 0.2) is 65.8 Å². The number of primary amides is 1. The Hall–Kier alpha value is -3.33. The first-order valence-corrected chi connectivity index (χ1v) is 12.5. The highest BCUT2D eigenvalue weighted by molar-refractivity contribution is 7.09. The van der Waals surface area contributed by atoms with Crippen LogP contribution in [0.2, 0.25) is 0 Å². The molecule has 0 bridgehead atoms. The number of aromatic nitrogens is 1. The highest BCUT2D eigenvalue weighted by Crippen LogP contribution is 2.33. The second-order valence-corrected chi connectivity index (χ2v) is 9.67. The van der Waals surface area contributed by atoms with Crippen molar-refractivity contribution < 1.29 is 14.7 Å². The molecule has 35 heavy (non-hydrogen) atoms. The molecule has 182 valence electrons. The van der Waals surface area contributed by atoms with E-state index >= 15 is 0 Å². The second kappa shape index (κ2) is 11.4. The number of likely N-dealkylation sites (N-methyl/N-ethyl adjacent to an activating group) is 1. The van der Waals surface area contributed by atoms with E-state index in [1.807, 2.05) is 54.2 Å². The minimum atomic E-state index is -0.455. The summed E-state index contributed by atoms with van der Waals surface area (Å²) in [6.07, 6.45) is 3.75. The van der Waals surface area contributed by atoms with Crippen LogP contribution in [0.5, 0.6) is 0 Å². The van der Waals surface area contributed by atoms with E-state index in [1.165, 1.54) is 15.4 Å². The van der Waals surface area contributed by atoms with Gasteiger partial charge in [-0.05, 0) is 53.8 Å². The molecule has 0 spiro atoms. The Balaban J connectivity index is 1.64. The molecule has 8 heteroatoms. The third-order valence-corrected chi connectivity index (χ3v) is 7.08. The van der Waals surface area contributed by atoms with E-state index in [0.717, 1.165) is 49.2 Å². The van der Waals surface area contributed by atoms with Gasteiger partial charge in [0.05, 0.1) is 12.1 Å². The van der Waals surface area contributed by atoms with Gasteiger partial charge < -0.3 is 15.7 Å². The first-order valence-electron chi connectivity index (χ1n) is 11.6. The maximum atomic E-state index is 12.6. The van der Waals surface area contributed by atoms with Gasteiger partial charge in [-0.3, -0.25) is 19.5 Å². The fourth-order valence-electron chi connectivity index (χ4n) is 4.43. The highest BCUT2D eigenvalue weighted by atomic mass is 32.1. The van der Waals surface area contributed by atoms with E-state index in [-0.39, 0.29) is 19.1 Å². The Labute approximate surface area is 209 Å². The zero-order chi connectivity index (χ0) is 24.8. The number of thiazole rings is 1.